The summed E-state index contributed by atoms with van der Waals surface area (Å²) < 4.78 is 5.41. The number of para-hydroxylation sites is 1. The van der Waals surface area contributed by atoms with E-state index in [-0.39, 0.29) is 18.2 Å². The highest BCUT2D eigenvalue weighted by atomic mass is 35.5. The number of benzene rings is 2. The van der Waals surface area contributed by atoms with Gasteiger partial charge in [-0.1, -0.05) is 56.6 Å². The van der Waals surface area contributed by atoms with E-state index in [9.17, 15) is 19.5 Å². The van der Waals surface area contributed by atoms with Gasteiger partial charge in [0.05, 0.1) is 10.7 Å². The van der Waals surface area contributed by atoms with E-state index < -0.39 is 35.6 Å². The molecule has 0 radical (unpaired) electrons. The molecule has 3 N–H and O–H groups in total. The number of aryl methyl sites for hydroxylation is 1. The van der Waals surface area contributed by atoms with Gasteiger partial charge in [0.1, 0.15) is 23.4 Å². The molecule has 2 unspecified atom stereocenters. The van der Waals surface area contributed by atoms with E-state index in [1.165, 1.54) is 17.0 Å². The van der Waals surface area contributed by atoms with E-state index >= 15 is 0 Å². The highest BCUT2D eigenvalue weighted by Crippen LogP contribution is 2.31. The van der Waals surface area contributed by atoms with Crippen LogP contribution in [0, 0.1) is 12.8 Å². The second-order valence-electron chi connectivity index (χ2n) is 10.8. The topological polar surface area (TPSA) is 108 Å². The number of hydrogen-bond acceptors (Lipinski definition) is 5. The van der Waals surface area contributed by atoms with Gasteiger partial charge in [-0.15, -0.1) is 0 Å². The molecule has 2 atom stereocenters. The van der Waals surface area contributed by atoms with Crippen molar-refractivity contribution in [3.05, 3.63) is 58.6 Å². The van der Waals surface area contributed by atoms with Gasteiger partial charge in [-0.05, 0) is 75.8 Å². The number of hydrogen-bond donors (Lipinski definition) is 3. The Kier molecular flexibility index (Phi) is 11.0. The Morgan fingerprint density at radius 3 is 2.32 bits per heavy atom. The monoisotopic (exact) mass is 545 g/mol. The quantitative estimate of drug-likeness (QED) is 0.329. The van der Waals surface area contributed by atoms with Gasteiger partial charge < -0.3 is 25.4 Å². The van der Waals surface area contributed by atoms with E-state index in [2.05, 4.69) is 10.6 Å². The number of carbonyl (C=O) groups is 3. The molecule has 0 aliphatic carbocycles. The zero-order valence-corrected chi connectivity index (χ0v) is 24.1. The average molecular weight is 546 g/mol. The maximum atomic E-state index is 14.0. The van der Waals surface area contributed by atoms with Crippen LogP contribution in [0.2, 0.25) is 5.02 Å². The number of phenols is 1. The summed E-state index contributed by atoms with van der Waals surface area (Å²) in [4.78, 5) is 42.0. The number of nitrogens with zero attached hydrogens (tertiary/aromatic N) is 1. The molecule has 0 saturated heterocycles. The molecule has 2 aromatic rings. The molecule has 38 heavy (non-hydrogen) atoms. The minimum Gasteiger partial charge on any atom is -0.508 e. The number of carbonyl (C=O) groups excluding carboxylic acids is 3. The number of nitrogens with one attached hydrogen (secondary N) is 2. The van der Waals surface area contributed by atoms with Gasteiger partial charge >= 0.3 is 6.09 Å². The first-order valence-corrected chi connectivity index (χ1v) is 13.3. The Bertz CT molecular complexity index is 1110. The van der Waals surface area contributed by atoms with Gasteiger partial charge in [0.25, 0.3) is 5.91 Å². The smallest absolute Gasteiger partial charge is 0.408 e. The predicted octanol–water partition coefficient (Wildman–Crippen LogP) is 6.21. The molecule has 2 aromatic carbocycles. The molecule has 0 aliphatic rings. The summed E-state index contributed by atoms with van der Waals surface area (Å²) in [7, 11) is 0. The van der Waals surface area contributed by atoms with Crippen LogP contribution in [0.5, 0.6) is 5.75 Å². The zero-order valence-electron chi connectivity index (χ0n) is 23.3. The Morgan fingerprint density at radius 1 is 1.11 bits per heavy atom. The third-order valence-corrected chi connectivity index (χ3v) is 5.97. The lowest BCUT2D eigenvalue weighted by atomic mass is 9.98. The van der Waals surface area contributed by atoms with E-state index in [1.807, 2.05) is 33.8 Å². The highest BCUT2D eigenvalue weighted by Gasteiger charge is 2.36. The Labute approximate surface area is 230 Å². The molecule has 2 rings (SSSR count). The fraction of sp³-hybridized carbons (Fsp3) is 0.483. The van der Waals surface area contributed by atoms with Crippen LogP contribution in [0.1, 0.15) is 71.6 Å². The highest BCUT2D eigenvalue weighted by molar-refractivity contribution is 6.34. The molecule has 0 heterocycles. The zero-order chi connectivity index (χ0) is 28.6. The SMILES string of the molecule is CCCN(C(=O)C(CC(C)C)NC(=O)OC(C)(C)C)C(C(=O)Nc1c(C)cccc1Cl)c1cccc(O)c1. The molecule has 0 spiro atoms. The number of alkyl carbamates (subject to hydrolysis) is 1. The third-order valence-electron chi connectivity index (χ3n) is 5.66. The molecular formula is C29H40ClN3O5. The first-order valence-electron chi connectivity index (χ1n) is 12.9. The van der Waals surface area contributed by atoms with Crippen molar-refractivity contribution in [3.8, 4) is 5.75 Å². The van der Waals surface area contributed by atoms with Gasteiger partial charge in [0, 0.05) is 6.54 Å². The second-order valence-corrected chi connectivity index (χ2v) is 11.2. The largest absolute Gasteiger partial charge is 0.508 e. The fourth-order valence-electron chi connectivity index (χ4n) is 4.10. The molecule has 0 saturated carbocycles. The van der Waals surface area contributed by atoms with Crippen LogP contribution >= 0.6 is 11.6 Å². The Balaban J connectivity index is 2.54. The summed E-state index contributed by atoms with van der Waals surface area (Å²) in [6, 6.07) is 9.50. The lowest BCUT2D eigenvalue weighted by Gasteiger charge is -2.35. The first kappa shape index (κ1) is 31.0. The molecule has 0 aromatic heterocycles. The molecule has 3 amide bonds. The number of halogens is 1. The van der Waals surface area contributed by atoms with Crippen LogP contribution in [0.25, 0.3) is 0 Å². The van der Waals surface area contributed by atoms with E-state index in [0.717, 1.165) is 5.56 Å². The number of anilines is 1. The van der Waals surface area contributed by atoms with Crippen molar-refractivity contribution in [2.24, 2.45) is 5.92 Å². The lowest BCUT2D eigenvalue weighted by molar-refractivity contribution is -0.141. The van der Waals surface area contributed by atoms with Gasteiger partial charge in [-0.2, -0.15) is 0 Å². The van der Waals surface area contributed by atoms with Crippen molar-refractivity contribution >= 4 is 35.2 Å². The van der Waals surface area contributed by atoms with Gasteiger partial charge in [0.2, 0.25) is 5.91 Å². The number of amides is 3. The second kappa shape index (κ2) is 13.5. The number of aromatic hydroxyl groups is 1. The predicted molar refractivity (Wildman–Crippen MR) is 150 cm³/mol. The molecule has 0 fully saturated rings. The van der Waals surface area contributed by atoms with Crippen molar-refractivity contribution in [1.29, 1.82) is 0 Å². The van der Waals surface area contributed by atoms with Crippen molar-refractivity contribution in [3.63, 3.8) is 0 Å². The van der Waals surface area contributed by atoms with Crippen molar-refractivity contribution < 1.29 is 24.2 Å². The van der Waals surface area contributed by atoms with Gasteiger partial charge in [0.15, 0.2) is 0 Å². The summed E-state index contributed by atoms with van der Waals surface area (Å²) in [5.74, 6) is -0.884. The van der Waals surface area contributed by atoms with E-state index in [1.54, 1.807) is 45.0 Å². The van der Waals surface area contributed by atoms with Crippen LogP contribution in [0.4, 0.5) is 10.5 Å². The van der Waals surface area contributed by atoms with Crippen molar-refractivity contribution in [1.82, 2.24) is 10.2 Å². The van der Waals surface area contributed by atoms with Crippen LogP contribution in [-0.2, 0) is 14.3 Å². The molecule has 0 bridgehead atoms. The maximum absolute atomic E-state index is 14.0. The average Bonchev–Trinajstić information content (AvgIpc) is 2.79. The minimum atomic E-state index is -1.10. The first-order chi connectivity index (χ1) is 17.7. The summed E-state index contributed by atoms with van der Waals surface area (Å²) in [6.45, 7) is 13.1. The van der Waals surface area contributed by atoms with E-state index in [4.69, 9.17) is 16.3 Å². The summed E-state index contributed by atoms with van der Waals surface area (Å²) in [5, 5.41) is 16.2. The molecule has 8 nitrogen and oxygen atoms in total. The van der Waals surface area contributed by atoms with Crippen LogP contribution in [0.15, 0.2) is 42.5 Å². The molecule has 9 heteroatoms. The molecule has 208 valence electrons. The van der Waals surface area contributed by atoms with E-state index in [0.29, 0.717) is 29.1 Å². The summed E-state index contributed by atoms with van der Waals surface area (Å²) in [6.07, 6.45) is 0.189. The molecule has 0 aliphatic heterocycles. The normalized spacial score (nSPS) is 13.0. The molecular weight excluding hydrogens is 506 g/mol. The maximum Gasteiger partial charge on any atom is 0.408 e. The number of phenolic OH excluding ortho intramolecular Hbond substituents is 1. The summed E-state index contributed by atoms with van der Waals surface area (Å²) >= 11 is 6.37. The third kappa shape index (κ3) is 8.94. The lowest BCUT2D eigenvalue weighted by Crippen LogP contribution is -2.53. The van der Waals surface area contributed by atoms with Crippen LogP contribution in [0.3, 0.4) is 0 Å². The van der Waals surface area contributed by atoms with Gasteiger partial charge in [-0.3, -0.25) is 9.59 Å². The standard InChI is InChI=1S/C29H40ClN3O5/c1-8-15-33(27(36)23(16-18(2)3)31-28(37)38-29(5,6)7)25(20-12-10-13-21(34)17-20)26(35)32-24-19(4)11-9-14-22(24)30/h9-14,17-18,23,25,34H,8,15-16H2,1-7H3,(H,31,37)(H,32,35). The number of rotatable bonds is 10. The van der Waals surface area contributed by atoms with Crippen molar-refractivity contribution in [2.75, 3.05) is 11.9 Å². The number of ether oxygens (including phenoxy) is 1. The Hall–Kier alpha value is -3.26. The summed E-state index contributed by atoms with van der Waals surface area (Å²) in [5.41, 5.74) is 0.890. The fourth-order valence-corrected chi connectivity index (χ4v) is 4.37. The van der Waals surface area contributed by atoms with Crippen LogP contribution in [-0.4, -0.2) is 46.1 Å². The van der Waals surface area contributed by atoms with Crippen molar-refractivity contribution in [2.45, 2.75) is 79.0 Å². The van der Waals surface area contributed by atoms with Gasteiger partial charge in [-0.25, -0.2) is 4.79 Å². The van der Waals surface area contributed by atoms with Crippen LogP contribution < -0.4 is 10.6 Å². The Morgan fingerprint density at radius 2 is 1.76 bits per heavy atom. The minimum absolute atomic E-state index is 0.0382.